The summed E-state index contributed by atoms with van der Waals surface area (Å²) in [7, 11) is 0. The lowest BCUT2D eigenvalue weighted by atomic mass is 9.83. The van der Waals surface area contributed by atoms with Crippen LogP contribution >= 0.6 is 0 Å². The second kappa shape index (κ2) is 10.2. The van der Waals surface area contributed by atoms with Gasteiger partial charge in [0, 0.05) is 6.92 Å². The molecule has 1 fully saturated rings. The number of carbonyl (C=O) groups is 1. The Balaban J connectivity index is 1.43. The largest absolute Gasteiger partial charge is 0.490 e. The fourth-order valence-electron chi connectivity index (χ4n) is 4.23. The number of hydrogen-bond donors (Lipinski definition) is 1. The maximum absolute atomic E-state index is 12.9. The molecule has 3 nitrogen and oxygen atoms in total. The first kappa shape index (κ1) is 23.2. The number of alkyl halides is 3. The minimum Gasteiger partial charge on any atom is -0.490 e. The molecule has 0 spiro atoms. The molecule has 0 aliphatic heterocycles. The first-order chi connectivity index (χ1) is 14.7. The van der Waals surface area contributed by atoms with Crippen LogP contribution in [0.4, 0.5) is 13.2 Å². The van der Waals surface area contributed by atoms with Crippen molar-refractivity contribution in [2.24, 2.45) is 5.92 Å². The number of amides is 1. The van der Waals surface area contributed by atoms with E-state index in [9.17, 15) is 18.0 Å². The molecule has 2 aromatic rings. The van der Waals surface area contributed by atoms with Gasteiger partial charge in [0.05, 0.1) is 17.7 Å². The van der Waals surface area contributed by atoms with Gasteiger partial charge < -0.3 is 10.1 Å². The van der Waals surface area contributed by atoms with Crippen molar-refractivity contribution >= 4 is 5.91 Å². The Kier molecular flexibility index (Phi) is 7.63. The summed E-state index contributed by atoms with van der Waals surface area (Å²) >= 11 is 0. The zero-order valence-electron chi connectivity index (χ0n) is 18.0. The highest BCUT2D eigenvalue weighted by Gasteiger charge is 2.30. The van der Waals surface area contributed by atoms with Gasteiger partial charge in [0.25, 0.3) is 0 Å². The summed E-state index contributed by atoms with van der Waals surface area (Å²) in [4.78, 5) is 11.2. The van der Waals surface area contributed by atoms with E-state index < -0.39 is 11.7 Å². The first-order valence-corrected chi connectivity index (χ1v) is 10.9. The monoisotopic (exact) mass is 433 g/mol. The number of ether oxygens (including phenoxy) is 1. The molecule has 0 heterocycles. The van der Waals surface area contributed by atoms with Gasteiger partial charge in [-0.1, -0.05) is 30.3 Å². The van der Waals surface area contributed by atoms with Crippen molar-refractivity contribution in [3.8, 4) is 5.75 Å². The third kappa shape index (κ3) is 7.01. The van der Waals surface area contributed by atoms with Crippen LogP contribution in [0.3, 0.4) is 0 Å². The molecule has 1 aliphatic carbocycles. The van der Waals surface area contributed by atoms with Crippen LogP contribution in [0.1, 0.15) is 68.7 Å². The average Bonchev–Trinajstić information content (AvgIpc) is 2.73. The van der Waals surface area contributed by atoms with Crippen LogP contribution in [-0.4, -0.2) is 12.0 Å². The van der Waals surface area contributed by atoms with Crippen LogP contribution in [0.5, 0.6) is 5.75 Å². The van der Waals surface area contributed by atoms with Gasteiger partial charge in [-0.15, -0.1) is 0 Å². The maximum Gasteiger partial charge on any atom is 0.416 e. The highest BCUT2D eigenvalue weighted by Crippen LogP contribution is 2.33. The molecule has 1 saturated carbocycles. The molecule has 1 atom stereocenters. The third-order valence-electron chi connectivity index (χ3n) is 5.99. The van der Waals surface area contributed by atoms with Crippen molar-refractivity contribution in [3.63, 3.8) is 0 Å². The van der Waals surface area contributed by atoms with Gasteiger partial charge in [0.1, 0.15) is 5.75 Å². The van der Waals surface area contributed by atoms with Crippen molar-refractivity contribution in [1.82, 2.24) is 5.32 Å². The predicted molar refractivity (Wildman–Crippen MR) is 115 cm³/mol. The Labute approximate surface area is 182 Å². The zero-order chi connectivity index (χ0) is 22.4. The quantitative estimate of drug-likeness (QED) is 0.543. The summed E-state index contributed by atoms with van der Waals surface area (Å²) in [6.07, 6.45) is 1.43. The second-order valence-corrected chi connectivity index (χ2v) is 8.49. The number of rotatable bonds is 7. The summed E-state index contributed by atoms with van der Waals surface area (Å²) in [5.74, 6) is 1.29. The molecule has 3 rings (SSSR count). The fraction of sp³-hybridized carbons (Fsp3) is 0.480. The highest BCUT2D eigenvalue weighted by molar-refractivity contribution is 5.73. The number of benzene rings is 2. The van der Waals surface area contributed by atoms with Crippen molar-refractivity contribution in [1.29, 1.82) is 0 Å². The van der Waals surface area contributed by atoms with Crippen LogP contribution in [0.2, 0.25) is 0 Å². The van der Waals surface area contributed by atoms with Crippen LogP contribution in [-0.2, 0) is 17.4 Å². The van der Waals surface area contributed by atoms with Gasteiger partial charge in [0.15, 0.2) is 0 Å². The minimum absolute atomic E-state index is 0.0428. The molecule has 31 heavy (non-hydrogen) atoms. The SMILES string of the molecule is CC(=O)NC(C)c1ccc(OC2CCC(CCc3cccc(C(F)(F)F)c3)CC2)cc1. The van der Waals surface area contributed by atoms with Gasteiger partial charge in [-0.2, -0.15) is 13.2 Å². The number of aryl methyl sites for hydroxylation is 1. The molecule has 0 bridgehead atoms. The molecule has 1 unspecified atom stereocenters. The first-order valence-electron chi connectivity index (χ1n) is 10.9. The molecule has 1 amide bonds. The van der Waals surface area contributed by atoms with E-state index in [2.05, 4.69) is 5.32 Å². The molecule has 0 aromatic heterocycles. The van der Waals surface area contributed by atoms with E-state index in [1.807, 2.05) is 31.2 Å². The predicted octanol–water partition coefficient (Wildman–Crippen LogP) is 6.47. The lowest BCUT2D eigenvalue weighted by Gasteiger charge is -2.29. The smallest absolute Gasteiger partial charge is 0.416 e. The van der Waals surface area contributed by atoms with Gasteiger partial charge in [-0.3, -0.25) is 4.79 Å². The second-order valence-electron chi connectivity index (χ2n) is 8.49. The molecule has 1 N–H and O–H groups in total. The van der Waals surface area contributed by atoms with Crippen molar-refractivity contribution < 1.29 is 22.7 Å². The van der Waals surface area contributed by atoms with E-state index in [0.29, 0.717) is 12.3 Å². The van der Waals surface area contributed by atoms with E-state index >= 15 is 0 Å². The molecule has 0 saturated heterocycles. The number of nitrogens with one attached hydrogen (secondary N) is 1. The van der Waals surface area contributed by atoms with Crippen LogP contribution in [0.15, 0.2) is 48.5 Å². The average molecular weight is 434 g/mol. The van der Waals surface area contributed by atoms with Crippen molar-refractivity contribution in [2.75, 3.05) is 0 Å². The highest BCUT2D eigenvalue weighted by atomic mass is 19.4. The van der Waals surface area contributed by atoms with Crippen molar-refractivity contribution in [3.05, 3.63) is 65.2 Å². The topological polar surface area (TPSA) is 38.3 Å². The Morgan fingerprint density at radius 3 is 2.39 bits per heavy atom. The summed E-state index contributed by atoms with van der Waals surface area (Å²) < 4.78 is 44.7. The molecule has 6 heteroatoms. The summed E-state index contributed by atoms with van der Waals surface area (Å²) in [5, 5.41) is 2.86. The maximum atomic E-state index is 12.9. The normalized spacial score (nSPS) is 20.2. The molecule has 2 aromatic carbocycles. The number of hydrogen-bond acceptors (Lipinski definition) is 2. The van der Waals surface area contributed by atoms with Crippen molar-refractivity contribution in [2.45, 2.75) is 70.7 Å². The Bertz CT molecular complexity index is 856. The van der Waals surface area contributed by atoms with E-state index in [1.165, 1.54) is 19.1 Å². The Morgan fingerprint density at radius 2 is 1.77 bits per heavy atom. The number of carbonyl (C=O) groups excluding carboxylic acids is 1. The van der Waals surface area contributed by atoms with Gasteiger partial charge in [-0.25, -0.2) is 0 Å². The van der Waals surface area contributed by atoms with Crippen LogP contribution < -0.4 is 10.1 Å². The van der Waals surface area contributed by atoms with E-state index in [4.69, 9.17) is 4.74 Å². The lowest BCUT2D eigenvalue weighted by Crippen LogP contribution is -2.25. The zero-order valence-corrected chi connectivity index (χ0v) is 18.0. The fourth-order valence-corrected chi connectivity index (χ4v) is 4.23. The minimum atomic E-state index is -4.29. The summed E-state index contributed by atoms with van der Waals surface area (Å²) in [6.45, 7) is 3.45. The molecule has 0 radical (unpaired) electrons. The van der Waals surface area contributed by atoms with E-state index in [1.54, 1.807) is 6.07 Å². The molecule has 168 valence electrons. The summed E-state index contributed by atoms with van der Waals surface area (Å²) in [5.41, 5.74) is 1.21. The van der Waals surface area contributed by atoms with Gasteiger partial charge >= 0.3 is 6.18 Å². The number of halogens is 3. The Hall–Kier alpha value is -2.50. The van der Waals surface area contributed by atoms with Gasteiger partial charge in [-0.05, 0) is 80.7 Å². The lowest BCUT2D eigenvalue weighted by molar-refractivity contribution is -0.137. The van der Waals surface area contributed by atoms with Crippen LogP contribution in [0.25, 0.3) is 0 Å². The van der Waals surface area contributed by atoms with E-state index in [0.717, 1.165) is 55.0 Å². The molecular weight excluding hydrogens is 403 g/mol. The van der Waals surface area contributed by atoms with Gasteiger partial charge in [0.2, 0.25) is 5.91 Å². The summed E-state index contributed by atoms with van der Waals surface area (Å²) in [6, 6.07) is 13.4. The third-order valence-corrected chi connectivity index (χ3v) is 5.99. The van der Waals surface area contributed by atoms with E-state index in [-0.39, 0.29) is 18.1 Å². The Morgan fingerprint density at radius 1 is 1.10 bits per heavy atom. The molecular formula is C25H30F3NO2. The van der Waals surface area contributed by atoms with Crippen LogP contribution in [0, 0.1) is 5.92 Å². The standard InChI is InChI=1S/C25H30F3NO2/c1-17(29-18(2)30)21-10-14-24(15-11-21)31-23-12-8-19(9-13-23)6-7-20-4-3-5-22(16-20)25(26,27)28/h3-5,10-11,14-17,19,23H,6-9,12-13H2,1-2H3,(H,29,30). The molecule has 1 aliphatic rings.